The minimum atomic E-state index is -0.490. The van der Waals surface area contributed by atoms with E-state index in [1.165, 1.54) is 12.3 Å². The summed E-state index contributed by atoms with van der Waals surface area (Å²) in [6.45, 7) is 0. The van der Waals surface area contributed by atoms with E-state index in [2.05, 4.69) is 9.56 Å². The molecule has 0 spiro atoms. The lowest BCUT2D eigenvalue weighted by molar-refractivity contribution is -0.134. The first-order valence-electron chi connectivity index (χ1n) is 2.17. The summed E-state index contributed by atoms with van der Waals surface area (Å²) >= 11 is 0. The highest BCUT2D eigenvalue weighted by Crippen LogP contribution is 2.08. The van der Waals surface area contributed by atoms with E-state index in [1.54, 1.807) is 0 Å². The molecule has 0 aromatic carbocycles. The predicted octanol–water partition coefficient (Wildman–Crippen LogP) is -0.0192. The Labute approximate surface area is 53.1 Å². The monoisotopic (exact) mass is 145 g/mol. The van der Waals surface area contributed by atoms with E-state index >= 15 is 0 Å². The van der Waals surface area contributed by atoms with Gasteiger partial charge < -0.3 is 10.6 Å². The molecule has 1 heterocycles. The summed E-state index contributed by atoms with van der Waals surface area (Å²) in [4.78, 5) is 14.7. The lowest BCUT2D eigenvalue weighted by Gasteiger charge is -1.99. The quantitative estimate of drug-likeness (QED) is 0.416. The van der Waals surface area contributed by atoms with Crippen molar-refractivity contribution in [1.29, 1.82) is 0 Å². The van der Waals surface area contributed by atoms with Crippen LogP contribution in [0.2, 0.25) is 0 Å². The summed E-state index contributed by atoms with van der Waals surface area (Å²) in [6, 6.07) is 0. The third kappa shape index (κ3) is 1.52. The molecule has 0 radical (unpaired) electrons. The van der Waals surface area contributed by atoms with Crippen LogP contribution in [0.1, 0.15) is 0 Å². The Morgan fingerprint density at radius 1 is 1.78 bits per heavy atom. The average Bonchev–Trinajstić information content (AvgIpc) is 1.90. The van der Waals surface area contributed by atoms with E-state index in [9.17, 15) is 4.79 Å². The van der Waals surface area contributed by atoms with Gasteiger partial charge >= 0.3 is 0 Å². The SMILES string of the molecule is NC(=O)C1=POOC=C1. The minimum Gasteiger partial charge on any atom is -0.365 e. The van der Waals surface area contributed by atoms with Crippen LogP contribution < -0.4 is 5.73 Å². The van der Waals surface area contributed by atoms with E-state index in [-0.39, 0.29) is 0 Å². The lowest BCUT2D eigenvalue weighted by Crippen LogP contribution is -2.20. The molecule has 0 aromatic rings. The molecule has 0 aliphatic carbocycles. The van der Waals surface area contributed by atoms with Crippen LogP contribution in [0.4, 0.5) is 0 Å². The second-order valence-electron chi connectivity index (χ2n) is 1.31. The first kappa shape index (κ1) is 6.26. The second-order valence-corrected chi connectivity index (χ2v) is 2.13. The van der Waals surface area contributed by atoms with Crippen molar-refractivity contribution in [1.82, 2.24) is 0 Å². The second kappa shape index (κ2) is 2.62. The van der Waals surface area contributed by atoms with Crippen molar-refractivity contribution in [3.63, 3.8) is 0 Å². The molecule has 9 heavy (non-hydrogen) atoms. The highest BCUT2D eigenvalue weighted by Gasteiger charge is 2.04. The van der Waals surface area contributed by atoms with Gasteiger partial charge in [0, 0.05) is 0 Å². The number of hydrogen-bond acceptors (Lipinski definition) is 3. The van der Waals surface area contributed by atoms with Crippen LogP contribution >= 0.6 is 8.43 Å². The first-order valence-corrected chi connectivity index (χ1v) is 2.99. The zero-order chi connectivity index (χ0) is 6.69. The van der Waals surface area contributed by atoms with E-state index < -0.39 is 5.91 Å². The largest absolute Gasteiger partial charge is 0.365 e. The Kier molecular flexibility index (Phi) is 1.82. The first-order chi connectivity index (χ1) is 4.30. The molecule has 0 saturated carbocycles. The van der Waals surface area contributed by atoms with Gasteiger partial charge in [0.25, 0.3) is 5.91 Å². The van der Waals surface area contributed by atoms with Crippen LogP contribution in [0.15, 0.2) is 12.3 Å². The Bertz CT molecular complexity index is 186. The molecule has 0 bridgehead atoms. The molecule has 1 aliphatic heterocycles. The van der Waals surface area contributed by atoms with Crippen molar-refractivity contribution >= 4 is 19.6 Å². The fourth-order valence-corrected chi connectivity index (χ4v) is 0.721. The van der Waals surface area contributed by atoms with Crippen LogP contribution in [0.25, 0.3) is 0 Å². The highest BCUT2D eigenvalue weighted by molar-refractivity contribution is 7.39. The summed E-state index contributed by atoms with van der Waals surface area (Å²) in [7, 11) is 0.355. The molecule has 0 unspecified atom stereocenters. The Morgan fingerprint density at radius 3 is 2.89 bits per heavy atom. The predicted molar refractivity (Wildman–Crippen MR) is 32.4 cm³/mol. The molecule has 1 rings (SSSR count). The van der Waals surface area contributed by atoms with Gasteiger partial charge in [-0.2, -0.15) is 0 Å². The van der Waals surface area contributed by atoms with E-state index in [0.717, 1.165) is 0 Å². The highest BCUT2D eigenvalue weighted by atomic mass is 31.1. The van der Waals surface area contributed by atoms with Crippen LogP contribution in [0, 0.1) is 0 Å². The minimum absolute atomic E-state index is 0.355. The molecule has 0 atom stereocenters. The normalized spacial score (nSPS) is 18.0. The number of carbonyl (C=O) groups excluding carboxylic acids is 1. The van der Waals surface area contributed by atoms with Gasteiger partial charge in [0.05, 0.1) is 5.29 Å². The maximum Gasteiger partial charge on any atom is 0.255 e. The standard InChI is InChI=1S/C4H4NO3P/c5-4(6)3-1-2-7-8-9-3/h1-2H,(H2,5,6). The molecule has 0 saturated heterocycles. The molecule has 1 aliphatic rings. The van der Waals surface area contributed by atoms with Crippen molar-refractivity contribution in [2.24, 2.45) is 5.73 Å². The van der Waals surface area contributed by atoms with Crippen molar-refractivity contribution in [2.75, 3.05) is 0 Å². The van der Waals surface area contributed by atoms with Crippen LogP contribution in [-0.4, -0.2) is 11.2 Å². The van der Waals surface area contributed by atoms with E-state index in [1.807, 2.05) is 0 Å². The summed E-state index contributed by atoms with van der Waals surface area (Å²) in [5.74, 6) is -0.490. The van der Waals surface area contributed by atoms with Crippen LogP contribution in [-0.2, 0) is 14.4 Å². The smallest absolute Gasteiger partial charge is 0.255 e. The Hall–Kier alpha value is -0.860. The van der Waals surface area contributed by atoms with Gasteiger partial charge in [-0.25, -0.2) is 0 Å². The number of carbonyl (C=O) groups is 1. The van der Waals surface area contributed by atoms with Crippen molar-refractivity contribution < 1.29 is 14.4 Å². The van der Waals surface area contributed by atoms with Gasteiger partial charge in [-0.3, -0.25) is 4.79 Å². The molecule has 4 nitrogen and oxygen atoms in total. The van der Waals surface area contributed by atoms with Gasteiger partial charge in [-0.15, -0.1) is 4.67 Å². The fourth-order valence-electron chi connectivity index (χ4n) is 0.336. The van der Waals surface area contributed by atoms with Crippen molar-refractivity contribution in [3.8, 4) is 0 Å². The number of rotatable bonds is 1. The third-order valence-corrected chi connectivity index (χ3v) is 1.44. The average molecular weight is 145 g/mol. The number of amides is 1. The summed E-state index contributed by atoms with van der Waals surface area (Å²) in [5.41, 5.74) is 4.90. The van der Waals surface area contributed by atoms with Crippen LogP contribution in [0.3, 0.4) is 0 Å². The summed E-state index contributed by atoms with van der Waals surface area (Å²) in [6.07, 6.45) is 2.73. The maximum absolute atomic E-state index is 10.3. The van der Waals surface area contributed by atoms with Gasteiger partial charge in [0.15, 0.2) is 0 Å². The number of nitrogens with two attached hydrogens (primary N) is 1. The topological polar surface area (TPSA) is 61.6 Å². The number of hydrogen-bond donors (Lipinski definition) is 1. The summed E-state index contributed by atoms with van der Waals surface area (Å²) in [5, 5.41) is 0.390. The lowest BCUT2D eigenvalue weighted by atomic mass is 10.4. The van der Waals surface area contributed by atoms with E-state index in [4.69, 9.17) is 5.73 Å². The Balaban J connectivity index is 2.69. The van der Waals surface area contributed by atoms with E-state index in [0.29, 0.717) is 13.7 Å². The summed E-state index contributed by atoms with van der Waals surface area (Å²) < 4.78 is 4.39. The molecule has 48 valence electrons. The molecular weight excluding hydrogens is 141 g/mol. The molecular formula is C4H4NO3P. The fraction of sp³-hybridized carbons (Fsp3) is 0. The van der Waals surface area contributed by atoms with Gasteiger partial charge in [0.1, 0.15) is 14.7 Å². The molecule has 0 aromatic heterocycles. The van der Waals surface area contributed by atoms with Crippen molar-refractivity contribution in [3.05, 3.63) is 12.3 Å². The van der Waals surface area contributed by atoms with Gasteiger partial charge in [-0.1, -0.05) is 0 Å². The zero-order valence-corrected chi connectivity index (χ0v) is 5.30. The Morgan fingerprint density at radius 2 is 2.56 bits per heavy atom. The van der Waals surface area contributed by atoms with Gasteiger partial charge in [-0.05, 0) is 6.08 Å². The maximum atomic E-state index is 10.3. The third-order valence-electron chi connectivity index (χ3n) is 0.713. The number of primary amides is 1. The molecule has 0 fully saturated rings. The van der Waals surface area contributed by atoms with Crippen molar-refractivity contribution in [2.45, 2.75) is 0 Å². The van der Waals surface area contributed by atoms with Crippen LogP contribution in [0.5, 0.6) is 0 Å². The van der Waals surface area contributed by atoms with Gasteiger partial charge in [0.2, 0.25) is 0 Å². The molecule has 5 heteroatoms. The molecule has 2 N–H and O–H groups in total. The molecule has 1 amide bonds. The zero-order valence-electron chi connectivity index (χ0n) is 4.40.